The van der Waals surface area contributed by atoms with E-state index in [4.69, 9.17) is 10.2 Å². The highest BCUT2D eigenvalue weighted by Gasteiger charge is 2.21. The predicted octanol–water partition coefficient (Wildman–Crippen LogP) is 2.58. The molecule has 3 nitrogen and oxygen atoms in total. The third kappa shape index (κ3) is 1.88. The maximum atomic E-state index is 5.93. The summed E-state index contributed by atoms with van der Waals surface area (Å²) in [5.74, 6) is 0.589. The van der Waals surface area contributed by atoms with Gasteiger partial charge in [-0.15, -0.1) is 0 Å². The van der Waals surface area contributed by atoms with Gasteiger partial charge in [-0.2, -0.15) is 0 Å². The number of fused-ring (bicyclic) bond motifs is 1. The Labute approximate surface area is 89.3 Å². The molecule has 0 aliphatic heterocycles. The minimum absolute atomic E-state index is 0.522. The van der Waals surface area contributed by atoms with Crippen molar-refractivity contribution in [3.05, 3.63) is 29.7 Å². The summed E-state index contributed by atoms with van der Waals surface area (Å²) in [6.45, 7) is 5.89. The molecule has 2 N–H and O–H groups in total. The van der Waals surface area contributed by atoms with Gasteiger partial charge in [0.1, 0.15) is 5.52 Å². The topological polar surface area (TPSA) is 52.0 Å². The molecule has 0 saturated heterocycles. The van der Waals surface area contributed by atoms with Crippen molar-refractivity contribution in [3.8, 4) is 0 Å². The summed E-state index contributed by atoms with van der Waals surface area (Å²) in [7, 11) is 0. The second-order valence-corrected chi connectivity index (χ2v) is 4.40. The van der Waals surface area contributed by atoms with Crippen LogP contribution in [0.15, 0.2) is 22.6 Å². The van der Waals surface area contributed by atoms with Crippen LogP contribution in [-0.2, 0) is 12.0 Å². The van der Waals surface area contributed by atoms with E-state index < -0.39 is 5.54 Å². The zero-order chi connectivity index (χ0) is 11.1. The van der Waals surface area contributed by atoms with E-state index in [1.54, 1.807) is 0 Å². The van der Waals surface area contributed by atoms with E-state index in [0.717, 1.165) is 17.5 Å². The van der Waals surface area contributed by atoms with Gasteiger partial charge in [-0.25, -0.2) is 4.98 Å². The average molecular weight is 204 g/mol. The molecule has 0 atom stereocenters. The molecular weight excluding hydrogens is 188 g/mol. The number of nitrogens with zero attached hydrogens (tertiary/aromatic N) is 1. The summed E-state index contributed by atoms with van der Waals surface area (Å²) >= 11 is 0. The van der Waals surface area contributed by atoms with E-state index in [0.29, 0.717) is 5.89 Å². The van der Waals surface area contributed by atoms with Crippen molar-refractivity contribution in [2.45, 2.75) is 32.7 Å². The molecule has 0 fully saturated rings. The van der Waals surface area contributed by atoms with Crippen molar-refractivity contribution in [1.29, 1.82) is 0 Å². The van der Waals surface area contributed by atoms with Crippen LogP contribution >= 0.6 is 0 Å². The normalized spacial score (nSPS) is 12.3. The molecule has 2 rings (SSSR count). The van der Waals surface area contributed by atoms with Crippen LogP contribution in [-0.4, -0.2) is 4.98 Å². The van der Waals surface area contributed by atoms with E-state index in [2.05, 4.69) is 18.0 Å². The smallest absolute Gasteiger partial charge is 0.215 e. The lowest BCUT2D eigenvalue weighted by atomic mass is 10.1. The molecule has 0 radical (unpaired) electrons. The van der Waals surface area contributed by atoms with E-state index in [-0.39, 0.29) is 0 Å². The molecule has 0 unspecified atom stereocenters. The fourth-order valence-electron chi connectivity index (χ4n) is 1.47. The Morgan fingerprint density at radius 2 is 2.13 bits per heavy atom. The van der Waals surface area contributed by atoms with Gasteiger partial charge >= 0.3 is 0 Å². The maximum absolute atomic E-state index is 5.93. The predicted molar refractivity (Wildman–Crippen MR) is 60.6 cm³/mol. The summed E-state index contributed by atoms with van der Waals surface area (Å²) < 4.78 is 5.60. The van der Waals surface area contributed by atoms with Crippen molar-refractivity contribution in [1.82, 2.24) is 4.98 Å². The number of aryl methyl sites for hydroxylation is 1. The van der Waals surface area contributed by atoms with Crippen molar-refractivity contribution in [3.63, 3.8) is 0 Å². The number of hydrogen-bond acceptors (Lipinski definition) is 3. The average Bonchev–Trinajstić information content (AvgIpc) is 2.59. The van der Waals surface area contributed by atoms with Gasteiger partial charge in [0.25, 0.3) is 0 Å². The van der Waals surface area contributed by atoms with E-state index in [9.17, 15) is 0 Å². The third-order valence-corrected chi connectivity index (χ3v) is 2.41. The van der Waals surface area contributed by atoms with Crippen LogP contribution in [0.4, 0.5) is 0 Å². The number of benzene rings is 1. The molecule has 1 aromatic heterocycles. The number of nitrogens with two attached hydrogens (primary N) is 1. The van der Waals surface area contributed by atoms with Crippen LogP contribution in [0.1, 0.15) is 32.2 Å². The fourth-order valence-corrected chi connectivity index (χ4v) is 1.47. The van der Waals surface area contributed by atoms with Crippen molar-refractivity contribution in [2.75, 3.05) is 0 Å². The number of hydrogen-bond donors (Lipinski definition) is 1. The second-order valence-electron chi connectivity index (χ2n) is 4.40. The molecule has 0 aliphatic carbocycles. The fraction of sp³-hybridized carbons (Fsp3) is 0.417. The summed E-state index contributed by atoms with van der Waals surface area (Å²) in [6, 6.07) is 6.06. The molecule has 80 valence electrons. The lowest BCUT2D eigenvalue weighted by Crippen LogP contribution is -2.28. The molecule has 1 aromatic carbocycles. The second kappa shape index (κ2) is 3.35. The Bertz CT molecular complexity index is 480. The van der Waals surface area contributed by atoms with Gasteiger partial charge < -0.3 is 10.2 Å². The first-order valence-electron chi connectivity index (χ1n) is 5.19. The summed E-state index contributed by atoms with van der Waals surface area (Å²) in [5.41, 5.74) is 8.37. The first-order valence-corrected chi connectivity index (χ1v) is 5.19. The monoisotopic (exact) mass is 204 g/mol. The van der Waals surface area contributed by atoms with Gasteiger partial charge in [0.2, 0.25) is 5.89 Å². The third-order valence-electron chi connectivity index (χ3n) is 2.41. The highest BCUT2D eigenvalue weighted by atomic mass is 16.3. The van der Waals surface area contributed by atoms with E-state index in [1.165, 1.54) is 5.56 Å². The molecular formula is C12H16N2O. The Balaban J connectivity index is 2.56. The molecule has 0 amide bonds. The highest BCUT2D eigenvalue weighted by Crippen LogP contribution is 2.23. The van der Waals surface area contributed by atoms with Crippen LogP contribution in [0.25, 0.3) is 11.1 Å². The van der Waals surface area contributed by atoms with E-state index >= 15 is 0 Å². The van der Waals surface area contributed by atoms with Gasteiger partial charge in [-0.3, -0.25) is 0 Å². The molecule has 0 spiro atoms. The van der Waals surface area contributed by atoms with Crippen molar-refractivity contribution >= 4 is 11.1 Å². The van der Waals surface area contributed by atoms with Gasteiger partial charge in [0.05, 0.1) is 5.54 Å². The van der Waals surface area contributed by atoms with Crippen molar-refractivity contribution < 1.29 is 4.42 Å². The zero-order valence-corrected chi connectivity index (χ0v) is 9.37. The van der Waals surface area contributed by atoms with Crippen LogP contribution < -0.4 is 5.73 Å². The highest BCUT2D eigenvalue weighted by molar-refractivity contribution is 5.73. The maximum Gasteiger partial charge on any atom is 0.215 e. The molecule has 0 saturated carbocycles. The van der Waals surface area contributed by atoms with Crippen LogP contribution in [0.2, 0.25) is 0 Å². The molecule has 3 heteroatoms. The quantitative estimate of drug-likeness (QED) is 0.818. The van der Waals surface area contributed by atoms with Crippen LogP contribution in [0.5, 0.6) is 0 Å². The Hall–Kier alpha value is -1.35. The van der Waals surface area contributed by atoms with Gasteiger partial charge in [0, 0.05) is 0 Å². The largest absolute Gasteiger partial charge is 0.439 e. The van der Waals surface area contributed by atoms with Crippen LogP contribution in [0.3, 0.4) is 0 Å². The first kappa shape index (κ1) is 10.2. The molecule has 1 heterocycles. The number of aromatic nitrogens is 1. The summed E-state index contributed by atoms with van der Waals surface area (Å²) in [6.07, 6.45) is 1.00. The van der Waals surface area contributed by atoms with Gasteiger partial charge in [0.15, 0.2) is 5.58 Å². The van der Waals surface area contributed by atoms with Crippen molar-refractivity contribution in [2.24, 2.45) is 5.73 Å². The van der Waals surface area contributed by atoms with Gasteiger partial charge in [-0.1, -0.05) is 13.0 Å². The molecule has 15 heavy (non-hydrogen) atoms. The number of rotatable bonds is 2. The van der Waals surface area contributed by atoms with Crippen LogP contribution in [0, 0.1) is 0 Å². The SMILES string of the molecule is CCc1ccc2oc(C(C)(C)N)nc2c1. The van der Waals surface area contributed by atoms with Gasteiger partial charge in [-0.05, 0) is 38.0 Å². The molecule has 2 aromatic rings. The zero-order valence-electron chi connectivity index (χ0n) is 9.37. The first-order chi connectivity index (χ1) is 7.00. The lowest BCUT2D eigenvalue weighted by molar-refractivity contribution is 0.394. The Kier molecular flexibility index (Phi) is 2.27. The molecule has 0 bridgehead atoms. The Morgan fingerprint density at radius 3 is 2.73 bits per heavy atom. The minimum Gasteiger partial charge on any atom is -0.439 e. The summed E-state index contributed by atoms with van der Waals surface area (Å²) in [5, 5.41) is 0. The minimum atomic E-state index is -0.522. The summed E-state index contributed by atoms with van der Waals surface area (Å²) in [4.78, 5) is 4.40. The number of oxazole rings is 1. The standard InChI is InChI=1S/C12H16N2O/c1-4-8-5-6-10-9(7-8)14-11(15-10)12(2,3)13/h5-7H,4,13H2,1-3H3. The Morgan fingerprint density at radius 1 is 1.40 bits per heavy atom. The lowest BCUT2D eigenvalue weighted by Gasteiger charge is -2.11. The molecule has 0 aliphatic rings. The van der Waals surface area contributed by atoms with E-state index in [1.807, 2.05) is 26.0 Å².